The predicted octanol–water partition coefficient (Wildman–Crippen LogP) is 4.02. The van der Waals surface area contributed by atoms with E-state index in [0.29, 0.717) is 0 Å². The van der Waals surface area contributed by atoms with Crippen molar-refractivity contribution in [3.05, 3.63) is 13.2 Å². The third kappa shape index (κ3) is 10.7. The van der Waals surface area contributed by atoms with Gasteiger partial charge in [-0.3, -0.25) is 0 Å². The van der Waals surface area contributed by atoms with Crippen molar-refractivity contribution in [1.82, 2.24) is 0 Å². The Bertz CT molecular complexity index is 48.0. The minimum absolute atomic E-state index is 0.954. The molecule has 0 unspecified atom stereocenters. The zero-order valence-corrected chi connectivity index (χ0v) is 7.82. The summed E-state index contributed by atoms with van der Waals surface area (Å²) in [6, 6.07) is 0. The van der Waals surface area contributed by atoms with Gasteiger partial charge in [0.05, 0.1) is 0 Å². The Morgan fingerprint density at radius 3 is 2.00 bits per heavy atom. The molecule has 0 aliphatic heterocycles. The van der Waals surface area contributed by atoms with Crippen LogP contribution in [0.3, 0.4) is 0 Å². The largest absolute Gasteiger partial charge is 0.106 e. The van der Waals surface area contributed by atoms with Crippen molar-refractivity contribution in [2.45, 2.75) is 46.5 Å². The Balaban J connectivity index is 0. The van der Waals surface area contributed by atoms with E-state index in [1.54, 1.807) is 0 Å². The SMILES string of the molecule is C=C.CCCC[C@@H](C)CC. The highest BCUT2D eigenvalue weighted by Gasteiger charge is 1.94. The molecule has 0 aromatic rings. The van der Waals surface area contributed by atoms with Gasteiger partial charge in [-0.1, -0.05) is 46.5 Å². The van der Waals surface area contributed by atoms with Crippen LogP contribution in [0.25, 0.3) is 0 Å². The topological polar surface area (TPSA) is 0 Å². The summed E-state index contributed by atoms with van der Waals surface area (Å²) in [4.78, 5) is 0. The lowest BCUT2D eigenvalue weighted by atomic mass is 10.0. The molecular weight excluding hydrogens is 120 g/mol. The summed E-state index contributed by atoms with van der Waals surface area (Å²) in [6.45, 7) is 12.8. The van der Waals surface area contributed by atoms with Crippen molar-refractivity contribution < 1.29 is 0 Å². The van der Waals surface area contributed by atoms with E-state index < -0.39 is 0 Å². The first-order valence-electron chi connectivity index (χ1n) is 4.31. The molecule has 10 heavy (non-hydrogen) atoms. The number of hydrogen-bond acceptors (Lipinski definition) is 0. The van der Waals surface area contributed by atoms with Crippen LogP contribution in [0.4, 0.5) is 0 Å². The van der Waals surface area contributed by atoms with Crippen molar-refractivity contribution >= 4 is 0 Å². The fraction of sp³-hybridized carbons (Fsp3) is 0.800. The molecule has 0 radical (unpaired) electrons. The lowest BCUT2D eigenvalue weighted by Gasteiger charge is -2.04. The van der Waals surface area contributed by atoms with Crippen LogP contribution < -0.4 is 0 Å². The fourth-order valence-electron chi connectivity index (χ4n) is 0.757. The van der Waals surface area contributed by atoms with Gasteiger partial charge in [0.25, 0.3) is 0 Å². The van der Waals surface area contributed by atoms with Crippen LogP contribution in [0.2, 0.25) is 0 Å². The van der Waals surface area contributed by atoms with E-state index >= 15 is 0 Å². The van der Waals surface area contributed by atoms with Crippen LogP contribution in [0.5, 0.6) is 0 Å². The summed E-state index contributed by atoms with van der Waals surface area (Å²) < 4.78 is 0. The first-order chi connectivity index (χ1) is 4.81. The van der Waals surface area contributed by atoms with Gasteiger partial charge in [-0.15, -0.1) is 13.2 Å². The highest BCUT2D eigenvalue weighted by molar-refractivity contribution is 4.47. The average molecular weight is 142 g/mol. The zero-order chi connectivity index (χ0) is 8.41. The van der Waals surface area contributed by atoms with Gasteiger partial charge in [0, 0.05) is 0 Å². The maximum absolute atomic E-state index is 3.00. The van der Waals surface area contributed by atoms with Gasteiger partial charge in [0.15, 0.2) is 0 Å². The van der Waals surface area contributed by atoms with Crippen LogP contribution in [-0.4, -0.2) is 0 Å². The van der Waals surface area contributed by atoms with Gasteiger partial charge in [-0.05, 0) is 5.92 Å². The van der Waals surface area contributed by atoms with Crippen molar-refractivity contribution in [2.75, 3.05) is 0 Å². The molecule has 0 aromatic heterocycles. The van der Waals surface area contributed by atoms with Crippen LogP contribution >= 0.6 is 0 Å². The second-order valence-corrected chi connectivity index (χ2v) is 2.66. The highest BCUT2D eigenvalue weighted by atomic mass is 14.0. The van der Waals surface area contributed by atoms with E-state index in [0.717, 1.165) is 5.92 Å². The smallest absolute Gasteiger partial charge is 0.0445 e. The van der Waals surface area contributed by atoms with E-state index in [4.69, 9.17) is 0 Å². The Kier molecular flexibility index (Phi) is 14.3. The van der Waals surface area contributed by atoms with Crippen molar-refractivity contribution in [3.63, 3.8) is 0 Å². The minimum Gasteiger partial charge on any atom is -0.106 e. The maximum Gasteiger partial charge on any atom is -0.0445 e. The van der Waals surface area contributed by atoms with E-state index in [2.05, 4.69) is 33.9 Å². The van der Waals surface area contributed by atoms with Gasteiger partial charge in [-0.2, -0.15) is 0 Å². The van der Waals surface area contributed by atoms with Gasteiger partial charge in [0.1, 0.15) is 0 Å². The van der Waals surface area contributed by atoms with Crippen molar-refractivity contribution in [3.8, 4) is 0 Å². The first kappa shape index (κ1) is 12.4. The maximum atomic E-state index is 3.00. The summed E-state index contributed by atoms with van der Waals surface area (Å²) >= 11 is 0. The minimum atomic E-state index is 0.954. The number of hydrogen-bond donors (Lipinski definition) is 0. The molecule has 1 atom stereocenters. The predicted molar refractivity (Wildman–Crippen MR) is 50.2 cm³/mol. The third-order valence-corrected chi connectivity index (χ3v) is 1.75. The molecule has 0 spiro atoms. The van der Waals surface area contributed by atoms with Crippen LogP contribution in [-0.2, 0) is 0 Å². The standard InChI is InChI=1S/C8H18.C2H4/c1-4-6-7-8(3)5-2;1-2/h8H,4-7H2,1-3H3;1-2H2/t8-;/m0./s1. The Hall–Kier alpha value is -0.260. The van der Waals surface area contributed by atoms with Gasteiger partial charge < -0.3 is 0 Å². The summed E-state index contributed by atoms with van der Waals surface area (Å²) in [5, 5.41) is 0. The molecule has 0 bridgehead atoms. The molecule has 0 rings (SSSR count). The summed E-state index contributed by atoms with van der Waals surface area (Å²) in [5.41, 5.74) is 0. The molecule has 0 aromatic carbocycles. The van der Waals surface area contributed by atoms with Crippen molar-refractivity contribution in [1.29, 1.82) is 0 Å². The zero-order valence-electron chi connectivity index (χ0n) is 7.82. The molecule has 0 aliphatic rings. The van der Waals surface area contributed by atoms with E-state index in [9.17, 15) is 0 Å². The monoisotopic (exact) mass is 142 g/mol. The molecule has 0 saturated carbocycles. The number of rotatable bonds is 4. The molecule has 0 saturated heterocycles. The quantitative estimate of drug-likeness (QED) is 0.520. The molecule has 0 nitrogen and oxygen atoms in total. The molecule has 0 fully saturated rings. The Morgan fingerprint density at radius 1 is 1.20 bits per heavy atom. The van der Waals surface area contributed by atoms with Crippen molar-refractivity contribution in [2.24, 2.45) is 5.92 Å². The normalized spacial score (nSPS) is 11.5. The van der Waals surface area contributed by atoms with Crippen LogP contribution in [0.1, 0.15) is 46.5 Å². The molecule has 0 aliphatic carbocycles. The fourth-order valence-corrected chi connectivity index (χ4v) is 0.757. The second kappa shape index (κ2) is 11.5. The lowest BCUT2D eigenvalue weighted by Crippen LogP contribution is -1.89. The molecular formula is C10H22. The summed E-state index contributed by atoms with van der Waals surface area (Å²) in [6.07, 6.45) is 5.53. The number of unbranched alkanes of at least 4 members (excludes halogenated alkanes) is 1. The van der Waals surface area contributed by atoms with E-state index in [-0.39, 0.29) is 0 Å². The first-order valence-corrected chi connectivity index (χ1v) is 4.31. The second-order valence-electron chi connectivity index (χ2n) is 2.66. The summed E-state index contributed by atoms with van der Waals surface area (Å²) in [7, 11) is 0. The molecule has 0 amide bonds. The molecule has 0 heterocycles. The van der Waals surface area contributed by atoms with Gasteiger partial charge >= 0.3 is 0 Å². The Morgan fingerprint density at radius 2 is 1.70 bits per heavy atom. The third-order valence-electron chi connectivity index (χ3n) is 1.75. The molecule has 62 valence electrons. The lowest BCUT2D eigenvalue weighted by molar-refractivity contribution is 0.492. The van der Waals surface area contributed by atoms with Crippen LogP contribution in [0, 0.1) is 5.92 Å². The van der Waals surface area contributed by atoms with Gasteiger partial charge in [-0.25, -0.2) is 0 Å². The molecule has 0 heteroatoms. The average Bonchev–Trinajstić information content (AvgIpc) is 2.04. The summed E-state index contributed by atoms with van der Waals surface area (Å²) in [5.74, 6) is 0.954. The van der Waals surface area contributed by atoms with Crippen LogP contribution in [0.15, 0.2) is 13.2 Å². The molecule has 0 N–H and O–H groups in total. The van der Waals surface area contributed by atoms with Gasteiger partial charge in [0.2, 0.25) is 0 Å². The van der Waals surface area contributed by atoms with E-state index in [1.165, 1.54) is 25.7 Å². The highest BCUT2D eigenvalue weighted by Crippen LogP contribution is 2.09. The van der Waals surface area contributed by atoms with E-state index in [1.807, 2.05) is 0 Å². The Labute approximate surface area is 66.3 Å².